The molecule has 2 N–H and O–H groups in total. The van der Waals surface area contributed by atoms with Crippen molar-refractivity contribution in [3.05, 3.63) is 29.6 Å². The molecule has 98 valence electrons. The largest absolute Gasteiger partial charge is 0.478 e. The highest BCUT2D eigenvalue weighted by Crippen LogP contribution is 2.17. The first-order valence-corrected chi connectivity index (χ1v) is 5.36. The van der Waals surface area contributed by atoms with Crippen molar-refractivity contribution in [1.82, 2.24) is 0 Å². The minimum Gasteiger partial charge on any atom is -0.478 e. The highest BCUT2D eigenvalue weighted by atomic mass is 19.1. The third kappa shape index (κ3) is 3.27. The molecule has 1 atom stereocenters. The van der Waals surface area contributed by atoms with Gasteiger partial charge >= 0.3 is 5.97 Å². The van der Waals surface area contributed by atoms with Crippen molar-refractivity contribution in [2.75, 3.05) is 12.4 Å². The van der Waals surface area contributed by atoms with E-state index in [2.05, 4.69) is 5.32 Å². The predicted molar refractivity (Wildman–Crippen MR) is 63.1 cm³/mol. The van der Waals surface area contributed by atoms with E-state index >= 15 is 0 Å². The number of hydrogen-bond acceptors (Lipinski definition) is 3. The van der Waals surface area contributed by atoms with Crippen LogP contribution in [0.15, 0.2) is 18.2 Å². The van der Waals surface area contributed by atoms with Crippen LogP contribution in [0.5, 0.6) is 0 Å². The zero-order valence-electron chi connectivity index (χ0n) is 10.1. The predicted octanol–water partition coefficient (Wildman–Crippen LogP) is 1.89. The van der Waals surface area contributed by atoms with Gasteiger partial charge in [0.25, 0.3) is 5.91 Å². The topological polar surface area (TPSA) is 75.6 Å². The van der Waals surface area contributed by atoms with E-state index < -0.39 is 23.8 Å². The maximum Gasteiger partial charge on any atom is 0.335 e. The monoisotopic (exact) mass is 255 g/mol. The molecule has 1 amide bonds. The summed E-state index contributed by atoms with van der Waals surface area (Å²) in [5.41, 5.74) is -0.271. The number of halogens is 1. The van der Waals surface area contributed by atoms with Crippen LogP contribution >= 0.6 is 0 Å². The fourth-order valence-corrected chi connectivity index (χ4v) is 1.43. The molecular weight excluding hydrogens is 241 g/mol. The number of methoxy groups -OCH3 is 1. The van der Waals surface area contributed by atoms with E-state index in [-0.39, 0.29) is 11.3 Å². The lowest BCUT2D eigenvalue weighted by Gasteiger charge is -2.13. The number of rotatable bonds is 5. The molecule has 1 rings (SSSR count). The summed E-state index contributed by atoms with van der Waals surface area (Å²) < 4.78 is 18.3. The summed E-state index contributed by atoms with van der Waals surface area (Å²) in [7, 11) is 1.37. The first kappa shape index (κ1) is 14.1. The molecule has 0 spiro atoms. The second-order valence-electron chi connectivity index (χ2n) is 3.62. The summed E-state index contributed by atoms with van der Waals surface area (Å²) in [6.45, 7) is 1.75. The lowest BCUT2D eigenvalue weighted by molar-refractivity contribution is -0.125. The number of benzene rings is 1. The van der Waals surface area contributed by atoms with E-state index in [0.29, 0.717) is 6.42 Å². The van der Waals surface area contributed by atoms with Crippen LogP contribution in [0.4, 0.5) is 10.1 Å². The van der Waals surface area contributed by atoms with Crippen molar-refractivity contribution in [3.8, 4) is 0 Å². The second-order valence-corrected chi connectivity index (χ2v) is 3.62. The molecule has 0 fully saturated rings. The van der Waals surface area contributed by atoms with Gasteiger partial charge in [0.2, 0.25) is 0 Å². The molecule has 0 heterocycles. The fourth-order valence-electron chi connectivity index (χ4n) is 1.43. The molecule has 1 aromatic rings. The van der Waals surface area contributed by atoms with Crippen LogP contribution in [-0.4, -0.2) is 30.2 Å². The van der Waals surface area contributed by atoms with Crippen LogP contribution in [0, 0.1) is 5.82 Å². The molecule has 0 aliphatic heterocycles. The number of ether oxygens (including phenoxy) is 1. The average molecular weight is 255 g/mol. The number of carbonyl (C=O) groups is 2. The summed E-state index contributed by atoms with van der Waals surface area (Å²) in [4.78, 5) is 22.4. The summed E-state index contributed by atoms with van der Waals surface area (Å²) in [5, 5.41) is 11.1. The molecule has 0 aromatic heterocycles. The van der Waals surface area contributed by atoms with Crippen LogP contribution in [-0.2, 0) is 9.53 Å². The van der Waals surface area contributed by atoms with E-state index in [1.165, 1.54) is 7.11 Å². The van der Waals surface area contributed by atoms with Crippen LogP contribution < -0.4 is 5.32 Å². The molecule has 0 bridgehead atoms. The van der Waals surface area contributed by atoms with Crippen molar-refractivity contribution in [3.63, 3.8) is 0 Å². The molecule has 1 aromatic carbocycles. The Balaban J connectivity index is 2.93. The molecule has 5 nitrogen and oxygen atoms in total. The Morgan fingerprint density at radius 3 is 2.67 bits per heavy atom. The Kier molecular flexibility index (Phi) is 4.79. The van der Waals surface area contributed by atoms with E-state index in [0.717, 1.165) is 18.2 Å². The summed E-state index contributed by atoms with van der Waals surface area (Å²) in [6, 6.07) is 3.19. The maximum absolute atomic E-state index is 13.4. The van der Waals surface area contributed by atoms with Crippen LogP contribution in [0.3, 0.4) is 0 Å². The fraction of sp³-hybridized carbons (Fsp3) is 0.333. The lowest BCUT2D eigenvalue weighted by atomic mass is 10.2. The molecule has 0 radical (unpaired) electrons. The number of carboxylic acid groups (broad SMARTS) is 1. The van der Waals surface area contributed by atoms with Gasteiger partial charge in [0.05, 0.1) is 11.3 Å². The van der Waals surface area contributed by atoms with Crippen molar-refractivity contribution < 1.29 is 23.8 Å². The third-order valence-electron chi connectivity index (χ3n) is 2.42. The van der Waals surface area contributed by atoms with Gasteiger partial charge in [-0.1, -0.05) is 6.92 Å². The Labute approximate surface area is 104 Å². The molecule has 0 aliphatic carbocycles. The number of carboxylic acids is 1. The van der Waals surface area contributed by atoms with E-state index in [1.807, 2.05) is 0 Å². The first-order chi connectivity index (χ1) is 8.49. The highest BCUT2D eigenvalue weighted by Gasteiger charge is 2.17. The lowest BCUT2D eigenvalue weighted by Crippen LogP contribution is -2.29. The van der Waals surface area contributed by atoms with Gasteiger partial charge in [-0.05, 0) is 24.6 Å². The number of aromatic carboxylic acids is 1. The Bertz CT molecular complexity index is 457. The SMILES string of the molecule is CCC(OC)C(=O)Nc1cc(C(=O)O)ccc1F. The molecule has 0 saturated heterocycles. The number of nitrogens with one attached hydrogen (secondary N) is 1. The van der Waals surface area contributed by atoms with Gasteiger partial charge in [0, 0.05) is 7.11 Å². The second kappa shape index (κ2) is 6.11. The highest BCUT2D eigenvalue weighted by molar-refractivity contribution is 5.96. The minimum atomic E-state index is -1.19. The quantitative estimate of drug-likeness (QED) is 0.842. The van der Waals surface area contributed by atoms with Crippen LogP contribution in [0.2, 0.25) is 0 Å². The minimum absolute atomic E-state index is 0.0998. The number of carbonyl (C=O) groups excluding carboxylic acids is 1. The van der Waals surface area contributed by atoms with Gasteiger partial charge < -0.3 is 15.2 Å². The summed E-state index contributed by atoms with van der Waals surface area (Å²) >= 11 is 0. The maximum atomic E-state index is 13.4. The molecule has 0 saturated carbocycles. The van der Waals surface area contributed by atoms with Crippen molar-refractivity contribution in [2.24, 2.45) is 0 Å². The third-order valence-corrected chi connectivity index (χ3v) is 2.42. The summed E-state index contributed by atoms with van der Waals surface area (Å²) in [5.74, 6) is -2.40. The standard InChI is InChI=1S/C12H14FNO4/c1-3-10(18-2)11(15)14-9-6-7(12(16)17)4-5-8(9)13/h4-6,10H,3H2,1-2H3,(H,14,15)(H,16,17). The molecule has 0 aliphatic rings. The van der Waals surface area contributed by atoms with Gasteiger partial charge in [-0.25, -0.2) is 9.18 Å². The Morgan fingerprint density at radius 2 is 2.17 bits per heavy atom. The van der Waals surface area contributed by atoms with Gasteiger partial charge in [-0.2, -0.15) is 0 Å². The Morgan fingerprint density at radius 1 is 1.50 bits per heavy atom. The van der Waals surface area contributed by atoms with Gasteiger partial charge in [-0.3, -0.25) is 4.79 Å². The first-order valence-electron chi connectivity index (χ1n) is 5.36. The van der Waals surface area contributed by atoms with Crippen molar-refractivity contribution in [2.45, 2.75) is 19.4 Å². The molecule has 6 heteroatoms. The number of amides is 1. The van der Waals surface area contributed by atoms with Gasteiger partial charge in [-0.15, -0.1) is 0 Å². The molecule has 1 unspecified atom stereocenters. The Hall–Kier alpha value is -1.95. The zero-order valence-corrected chi connectivity index (χ0v) is 10.1. The van der Waals surface area contributed by atoms with Gasteiger partial charge in [0.1, 0.15) is 11.9 Å². The van der Waals surface area contributed by atoms with E-state index in [9.17, 15) is 14.0 Å². The van der Waals surface area contributed by atoms with E-state index in [1.54, 1.807) is 6.92 Å². The van der Waals surface area contributed by atoms with Gasteiger partial charge in [0.15, 0.2) is 0 Å². The van der Waals surface area contributed by atoms with Crippen molar-refractivity contribution >= 4 is 17.6 Å². The van der Waals surface area contributed by atoms with Crippen molar-refractivity contribution in [1.29, 1.82) is 0 Å². The summed E-state index contributed by atoms with van der Waals surface area (Å²) in [6.07, 6.45) is -0.263. The zero-order chi connectivity index (χ0) is 13.7. The van der Waals surface area contributed by atoms with Crippen LogP contribution in [0.25, 0.3) is 0 Å². The van der Waals surface area contributed by atoms with Crippen LogP contribution in [0.1, 0.15) is 23.7 Å². The normalized spacial score (nSPS) is 11.9. The number of anilines is 1. The average Bonchev–Trinajstić information content (AvgIpc) is 2.33. The van der Waals surface area contributed by atoms with E-state index in [4.69, 9.17) is 9.84 Å². The number of hydrogen-bond donors (Lipinski definition) is 2. The molecule has 18 heavy (non-hydrogen) atoms. The smallest absolute Gasteiger partial charge is 0.335 e. The molecular formula is C12H14FNO4.